The van der Waals surface area contributed by atoms with Gasteiger partial charge in [0.2, 0.25) is 0 Å². The minimum atomic E-state index is -0.965. The highest BCUT2D eigenvalue weighted by molar-refractivity contribution is 5.92. The number of rotatable bonds is 3. The predicted molar refractivity (Wildman–Crippen MR) is 76.2 cm³/mol. The van der Waals surface area contributed by atoms with Crippen molar-refractivity contribution in [3.05, 3.63) is 29.3 Å². The van der Waals surface area contributed by atoms with Gasteiger partial charge in [-0.2, -0.15) is 0 Å². The van der Waals surface area contributed by atoms with Crippen LogP contribution in [0.3, 0.4) is 0 Å². The van der Waals surface area contributed by atoms with Crippen LogP contribution in [-0.4, -0.2) is 36.2 Å². The Morgan fingerprint density at radius 2 is 2.00 bits per heavy atom. The fourth-order valence-electron chi connectivity index (χ4n) is 2.30. The van der Waals surface area contributed by atoms with Crippen LogP contribution in [0.4, 0.5) is 10.5 Å². The molecule has 0 bridgehead atoms. The molecule has 0 aromatic heterocycles. The van der Waals surface area contributed by atoms with E-state index in [0.29, 0.717) is 11.3 Å². The van der Waals surface area contributed by atoms with E-state index < -0.39 is 5.97 Å². The van der Waals surface area contributed by atoms with Crippen LogP contribution in [0.15, 0.2) is 18.2 Å². The molecule has 0 spiro atoms. The van der Waals surface area contributed by atoms with Crippen molar-refractivity contribution in [1.82, 2.24) is 10.6 Å². The lowest BCUT2D eigenvalue weighted by Crippen LogP contribution is -2.44. The molecule has 1 heterocycles. The molecule has 0 radical (unpaired) electrons. The van der Waals surface area contributed by atoms with Gasteiger partial charge in [0.1, 0.15) is 0 Å². The number of carbonyl (C=O) groups is 2. The number of aromatic carboxylic acids is 1. The van der Waals surface area contributed by atoms with E-state index in [4.69, 9.17) is 5.11 Å². The van der Waals surface area contributed by atoms with Crippen molar-refractivity contribution in [2.45, 2.75) is 25.8 Å². The Kier molecular flexibility index (Phi) is 4.57. The van der Waals surface area contributed by atoms with Crippen LogP contribution < -0.4 is 16.0 Å². The first-order valence-corrected chi connectivity index (χ1v) is 6.68. The Balaban J connectivity index is 1.93. The van der Waals surface area contributed by atoms with Gasteiger partial charge in [0.25, 0.3) is 0 Å². The molecule has 0 unspecified atom stereocenters. The number of piperidine rings is 1. The van der Waals surface area contributed by atoms with Gasteiger partial charge in [0.05, 0.1) is 5.56 Å². The van der Waals surface area contributed by atoms with E-state index in [9.17, 15) is 9.59 Å². The minimum Gasteiger partial charge on any atom is -0.478 e. The maximum atomic E-state index is 11.9. The highest BCUT2D eigenvalue weighted by Crippen LogP contribution is 2.15. The average Bonchev–Trinajstić information content (AvgIpc) is 2.39. The van der Waals surface area contributed by atoms with Gasteiger partial charge in [0.15, 0.2) is 0 Å². The lowest BCUT2D eigenvalue weighted by Gasteiger charge is -2.23. The number of benzene rings is 1. The van der Waals surface area contributed by atoms with E-state index in [1.165, 1.54) is 6.07 Å². The molecule has 1 fully saturated rings. The zero-order valence-corrected chi connectivity index (χ0v) is 11.4. The average molecular weight is 277 g/mol. The van der Waals surface area contributed by atoms with Gasteiger partial charge in [-0.25, -0.2) is 9.59 Å². The Labute approximate surface area is 117 Å². The van der Waals surface area contributed by atoms with Crippen LogP contribution in [0.2, 0.25) is 0 Å². The molecule has 4 N–H and O–H groups in total. The summed E-state index contributed by atoms with van der Waals surface area (Å²) >= 11 is 0. The first-order valence-electron chi connectivity index (χ1n) is 6.68. The van der Waals surface area contributed by atoms with Crippen LogP contribution in [0.25, 0.3) is 0 Å². The number of hydrogen-bond donors (Lipinski definition) is 4. The van der Waals surface area contributed by atoms with Gasteiger partial charge in [-0.05, 0) is 56.6 Å². The van der Waals surface area contributed by atoms with Gasteiger partial charge >= 0.3 is 12.0 Å². The third-order valence-electron chi connectivity index (χ3n) is 3.39. The largest absolute Gasteiger partial charge is 0.478 e. The van der Waals surface area contributed by atoms with Crippen LogP contribution in [-0.2, 0) is 0 Å². The lowest BCUT2D eigenvalue weighted by molar-refractivity contribution is 0.0696. The van der Waals surface area contributed by atoms with Crippen molar-refractivity contribution < 1.29 is 14.7 Å². The van der Waals surface area contributed by atoms with Crippen molar-refractivity contribution >= 4 is 17.7 Å². The summed E-state index contributed by atoms with van der Waals surface area (Å²) in [7, 11) is 0. The molecule has 1 saturated heterocycles. The van der Waals surface area contributed by atoms with Gasteiger partial charge in [-0.3, -0.25) is 0 Å². The summed E-state index contributed by atoms with van der Waals surface area (Å²) in [5.41, 5.74) is 1.46. The predicted octanol–water partition coefficient (Wildman–Crippen LogP) is 1.57. The lowest BCUT2D eigenvalue weighted by atomic mass is 10.1. The molecule has 1 aromatic rings. The molecule has 2 rings (SSSR count). The molecular formula is C14H19N3O3. The molecule has 0 saturated carbocycles. The van der Waals surface area contributed by atoms with Crippen molar-refractivity contribution in [2.75, 3.05) is 18.4 Å². The van der Waals surface area contributed by atoms with E-state index in [1.54, 1.807) is 19.1 Å². The zero-order valence-electron chi connectivity index (χ0n) is 11.4. The second-order valence-corrected chi connectivity index (χ2v) is 4.96. The van der Waals surface area contributed by atoms with Crippen LogP contribution in [0, 0.1) is 6.92 Å². The smallest absolute Gasteiger partial charge is 0.335 e. The number of urea groups is 1. The van der Waals surface area contributed by atoms with E-state index in [-0.39, 0.29) is 17.6 Å². The number of hydrogen-bond acceptors (Lipinski definition) is 3. The standard InChI is InChI=1S/C14H19N3O3/c1-9-8-11(2-3-12(9)13(18)19)17-14(20)16-10-4-6-15-7-5-10/h2-3,8,10,15H,4-7H2,1H3,(H,18,19)(H2,16,17,20). The summed E-state index contributed by atoms with van der Waals surface area (Å²) in [4.78, 5) is 22.8. The van der Waals surface area contributed by atoms with E-state index >= 15 is 0 Å². The monoisotopic (exact) mass is 277 g/mol. The van der Waals surface area contributed by atoms with Crippen LogP contribution in [0.5, 0.6) is 0 Å². The highest BCUT2D eigenvalue weighted by atomic mass is 16.4. The molecule has 1 aliphatic heterocycles. The summed E-state index contributed by atoms with van der Waals surface area (Å²) in [6, 6.07) is 4.69. The molecule has 6 nitrogen and oxygen atoms in total. The van der Waals surface area contributed by atoms with Crippen LogP contribution in [0.1, 0.15) is 28.8 Å². The maximum Gasteiger partial charge on any atom is 0.335 e. The first kappa shape index (κ1) is 14.3. The number of amides is 2. The second kappa shape index (κ2) is 6.38. The fourth-order valence-corrected chi connectivity index (χ4v) is 2.30. The van der Waals surface area contributed by atoms with Gasteiger partial charge in [-0.15, -0.1) is 0 Å². The third-order valence-corrected chi connectivity index (χ3v) is 3.39. The Bertz CT molecular complexity index is 510. The quantitative estimate of drug-likeness (QED) is 0.675. The van der Waals surface area contributed by atoms with Crippen molar-refractivity contribution in [1.29, 1.82) is 0 Å². The summed E-state index contributed by atoms with van der Waals surface area (Å²) in [5.74, 6) is -0.965. The Morgan fingerprint density at radius 3 is 2.60 bits per heavy atom. The molecule has 2 amide bonds. The SMILES string of the molecule is Cc1cc(NC(=O)NC2CCNCC2)ccc1C(=O)O. The van der Waals surface area contributed by atoms with Gasteiger partial charge in [0, 0.05) is 11.7 Å². The van der Waals surface area contributed by atoms with Crippen molar-refractivity contribution in [3.8, 4) is 0 Å². The molecule has 0 atom stereocenters. The maximum absolute atomic E-state index is 11.9. The Hall–Kier alpha value is -2.08. The zero-order chi connectivity index (χ0) is 14.5. The third kappa shape index (κ3) is 3.71. The summed E-state index contributed by atoms with van der Waals surface area (Å²) in [6.45, 7) is 3.54. The van der Waals surface area contributed by atoms with Crippen molar-refractivity contribution in [3.63, 3.8) is 0 Å². The number of anilines is 1. The molecule has 1 aromatic carbocycles. The topological polar surface area (TPSA) is 90.5 Å². The molecular weight excluding hydrogens is 258 g/mol. The fraction of sp³-hybridized carbons (Fsp3) is 0.429. The van der Waals surface area contributed by atoms with Crippen LogP contribution >= 0.6 is 0 Å². The van der Waals surface area contributed by atoms with Gasteiger partial charge in [-0.1, -0.05) is 0 Å². The minimum absolute atomic E-state index is 0.190. The van der Waals surface area contributed by atoms with E-state index in [2.05, 4.69) is 16.0 Å². The van der Waals surface area contributed by atoms with Crippen molar-refractivity contribution in [2.24, 2.45) is 0 Å². The summed E-state index contributed by atoms with van der Waals surface area (Å²) in [5, 5.41) is 17.8. The molecule has 1 aliphatic rings. The molecule has 0 aliphatic carbocycles. The summed E-state index contributed by atoms with van der Waals surface area (Å²) < 4.78 is 0. The van der Waals surface area contributed by atoms with E-state index in [0.717, 1.165) is 25.9 Å². The Morgan fingerprint density at radius 1 is 1.30 bits per heavy atom. The second-order valence-electron chi connectivity index (χ2n) is 4.96. The highest BCUT2D eigenvalue weighted by Gasteiger charge is 2.15. The number of carboxylic acid groups (broad SMARTS) is 1. The molecule has 108 valence electrons. The number of carbonyl (C=O) groups excluding carboxylic acids is 1. The van der Waals surface area contributed by atoms with E-state index in [1.807, 2.05) is 0 Å². The summed E-state index contributed by atoms with van der Waals surface area (Å²) in [6.07, 6.45) is 1.84. The number of carboxylic acids is 1. The normalized spacial score (nSPS) is 15.7. The number of nitrogens with one attached hydrogen (secondary N) is 3. The molecule has 6 heteroatoms. The first-order chi connectivity index (χ1) is 9.56. The molecule has 20 heavy (non-hydrogen) atoms. The number of aryl methyl sites for hydroxylation is 1. The van der Waals surface area contributed by atoms with Gasteiger partial charge < -0.3 is 21.1 Å².